The third-order valence-electron chi connectivity index (χ3n) is 5.27. The van der Waals surface area contributed by atoms with E-state index in [9.17, 15) is 0 Å². The highest BCUT2D eigenvalue weighted by Gasteiger charge is 2.15. The van der Waals surface area contributed by atoms with Gasteiger partial charge < -0.3 is 18.8 Å². The molecular formula is C27H29N3O3S. The van der Waals surface area contributed by atoms with E-state index in [1.807, 2.05) is 61.5 Å². The number of hydrogen-bond donors (Lipinski definition) is 0. The number of nitrogens with zero attached hydrogens (tertiary/aromatic N) is 3. The molecule has 0 atom stereocenters. The molecule has 1 heterocycles. The highest BCUT2D eigenvalue weighted by atomic mass is 32.2. The third kappa shape index (κ3) is 5.98. The summed E-state index contributed by atoms with van der Waals surface area (Å²) in [5, 5.41) is 9.72. The predicted molar refractivity (Wildman–Crippen MR) is 135 cm³/mol. The Morgan fingerprint density at radius 2 is 1.56 bits per heavy atom. The summed E-state index contributed by atoms with van der Waals surface area (Å²) in [6.45, 7) is 4.16. The van der Waals surface area contributed by atoms with Crippen molar-refractivity contribution in [2.24, 2.45) is 0 Å². The van der Waals surface area contributed by atoms with Crippen LogP contribution < -0.4 is 9.47 Å². The molecule has 0 aliphatic heterocycles. The Morgan fingerprint density at radius 1 is 0.824 bits per heavy atom. The summed E-state index contributed by atoms with van der Waals surface area (Å²) >= 11 is 1.63. The van der Waals surface area contributed by atoms with Gasteiger partial charge in [0, 0.05) is 30.5 Å². The Hall–Kier alpha value is -3.29. The van der Waals surface area contributed by atoms with Crippen LogP contribution in [0.25, 0.3) is 11.1 Å². The second-order valence-corrected chi connectivity index (χ2v) is 8.47. The fraction of sp³-hybridized carbons (Fsp3) is 0.259. The van der Waals surface area contributed by atoms with Gasteiger partial charge in [-0.3, -0.25) is 0 Å². The Labute approximate surface area is 204 Å². The van der Waals surface area contributed by atoms with Crippen molar-refractivity contribution in [1.82, 2.24) is 14.8 Å². The highest BCUT2D eigenvalue weighted by Crippen LogP contribution is 2.31. The molecule has 0 saturated carbocycles. The molecule has 4 rings (SSSR count). The average molecular weight is 476 g/mol. The third-order valence-corrected chi connectivity index (χ3v) is 6.29. The molecule has 0 spiro atoms. The van der Waals surface area contributed by atoms with Gasteiger partial charge in [0.25, 0.3) is 0 Å². The van der Waals surface area contributed by atoms with Gasteiger partial charge in [0.05, 0.1) is 13.2 Å². The number of para-hydroxylation sites is 2. The van der Waals surface area contributed by atoms with Crippen LogP contribution >= 0.6 is 11.8 Å². The van der Waals surface area contributed by atoms with E-state index in [4.69, 9.17) is 14.2 Å². The van der Waals surface area contributed by atoms with Crippen molar-refractivity contribution in [3.8, 4) is 22.6 Å². The van der Waals surface area contributed by atoms with Crippen molar-refractivity contribution in [3.63, 3.8) is 0 Å². The number of benzene rings is 3. The lowest BCUT2D eigenvalue weighted by Crippen LogP contribution is -2.12. The normalized spacial score (nSPS) is 10.9. The molecule has 0 fully saturated rings. The Kier molecular flexibility index (Phi) is 8.60. The maximum atomic E-state index is 6.23. The van der Waals surface area contributed by atoms with Gasteiger partial charge >= 0.3 is 0 Å². The van der Waals surface area contributed by atoms with Crippen LogP contribution in [-0.4, -0.2) is 35.1 Å². The van der Waals surface area contributed by atoms with Crippen LogP contribution in [0.3, 0.4) is 0 Å². The summed E-state index contributed by atoms with van der Waals surface area (Å²) in [4.78, 5) is 0. The number of aromatic nitrogens is 3. The zero-order valence-corrected chi connectivity index (χ0v) is 20.3. The quantitative estimate of drug-likeness (QED) is 0.239. The molecular weight excluding hydrogens is 446 g/mol. The Balaban J connectivity index is 1.50. The van der Waals surface area contributed by atoms with Crippen molar-refractivity contribution in [3.05, 3.63) is 90.3 Å². The molecule has 0 aliphatic carbocycles. The second kappa shape index (κ2) is 12.3. The summed E-state index contributed by atoms with van der Waals surface area (Å²) in [6, 6.07) is 26.4. The summed E-state index contributed by atoms with van der Waals surface area (Å²) in [6.07, 6.45) is 0. The van der Waals surface area contributed by atoms with Gasteiger partial charge in [0.15, 0.2) is 11.0 Å². The first kappa shape index (κ1) is 23.9. The van der Waals surface area contributed by atoms with Crippen LogP contribution in [0.5, 0.6) is 11.5 Å². The Morgan fingerprint density at radius 3 is 2.35 bits per heavy atom. The molecule has 0 radical (unpaired) electrons. The molecule has 176 valence electrons. The van der Waals surface area contributed by atoms with Crippen LogP contribution in [0.15, 0.2) is 84.0 Å². The van der Waals surface area contributed by atoms with Crippen LogP contribution in [0.1, 0.15) is 18.3 Å². The first-order chi connectivity index (χ1) is 16.8. The molecule has 4 aromatic rings. The lowest BCUT2D eigenvalue weighted by Gasteiger charge is -2.13. The van der Waals surface area contributed by atoms with E-state index in [-0.39, 0.29) is 0 Å². The SMILES string of the molecule is CCOc1ccccc1CSc1nnc(COc2ccccc2-c2ccccc2)n1CCOC. The minimum atomic E-state index is 0.316. The van der Waals surface area contributed by atoms with Crippen LogP contribution in [0.2, 0.25) is 0 Å². The molecule has 0 aliphatic rings. The predicted octanol–water partition coefficient (Wildman–Crippen LogP) is 5.86. The molecule has 0 N–H and O–H groups in total. The fourth-order valence-electron chi connectivity index (χ4n) is 3.59. The van der Waals surface area contributed by atoms with Crippen molar-refractivity contribution in [1.29, 1.82) is 0 Å². The van der Waals surface area contributed by atoms with Gasteiger partial charge in [-0.2, -0.15) is 0 Å². The lowest BCUT2D eigenvalue weighted by molar-refractivity contribution is 0.181. The van der Waals surface area contributed by atoms with Crippen LogP contribution in [0, 0.1) is 0 Å². The topological polar surface area (TPSA) is 58.4 Å². The highest BCUT2D eigenvalue weighted by molar-refractivity contribution is 7.98. The van der Waals surface area contributed by atoms with Crippen LogP contribution in [-0.2, 0) is 23.6 Å². The number of ether oxygens (including phenoxy) is 3. The molecule has 1 aromatic heterocycles. The summed E-state index contributed by atoms with van der Waals surface area (Å²) in [5.41, 5.74) is 3.29. The van der Waals surface area contributed by atoms with Crippen molar-refractivity contribution in [2.75, 3.05) is 20.3 Å². The van der Waals surface area contributed by atoms with E-state index in [1.165, 1.54) is 0 Å². The van der Waals surface area contributed by atoms with Gasteiger partial charge in [0.1, 0.15) is 18.1 Å². The molecule has 6 nitrogen and oxygen atoms in total. The molecule has 0 saturated heterocycles. The molecule has 0 bridgehead atoms. The molecule has 0 amide bonds. The van der Waals surface area contributed by atoms with Crippen LogP contribution in [0.4, 0.5) is 0 Å². The maximum absolute atomic E-state index is 6.23. The van der Waals surface area contributed by atoms with Crippen molar-refractivity contribution >= 4 is 11.8 Å². The van der Waals surface area contributed by atoms with E-state index >= 15 is 0 Å². The second-order valence-electron chi connectivity index (χ2n) is 7.52. The Bertz CT molecular complexity index is 1180. The van der Waals surface area contributed by atoms with Crippen molar-refractivity contribution in [2.45, 2.75) is 31.0 Å². The van der Waals surface area contributed by atoms with E-state index in [0.717, 1.165) is 44.9 Å². The standard InChI is InChI=1S/C27H29N3O3S/c1-3-32-24-15-9-7-13-22(24)20-34-27-29-28-26(30(27)17-18-31-2)19-33-25-16-10-8-14-23(25)21-11-5-4-6-12-21/h4-16H,3,17-20H2,1-2H3. The van der Waals surface area contributed by atoms with Gasteiger partial charge in [-0.15, -0.1) is 10.2 Å². The fourth-order valence-corrected chi connectivity index (χ4v) is 4.57. The molecule has 3 aromatic carbocycles. The van der Waals surface area contributed by atoms with Gasteiger partial charge in [-0.1, -0.05) is 78.5 Å². The minimum Gasteiger partial charge on any atom is -0.494 e. The number of methoxy groups -OCH3 is 1. The van der Waals surface area contributed by atoms with Crippen molar-refractivity contribution < 1.29 is 14.2 Å². The molecule has 34 heavy (non-hydrogen) atoms. The summed E-state index contributed by atoms with van der Waals surface area (Å²) < 4.78 is 19.4. The lowest BCUT2D eigenvalue weighted by atomic mass is 10.1. The maximum Gasteiger partial charge on any atom is 0.191 e. The molecule has 0 unspecified atom stereocenters. The molecule has 7 heteroatoms. The first-order valence-corrected chi connectivity index (χ1v) is 12.3. The zero-order chi connectivity index (χ0) is 23.6. The van der Waals surface area contributed by atoms with E-state index < -0.39 is 0 Å². The van der Waals surface area contributed by atoms with E-state index in [1.54, 1.807) is 18.9 Å². The smallest absolute Gasteiger partial charge is 0.191 e. The number of hydrogen-bond acceptors (Lipinski definition) is 6. The van der Waals surface area contributed by atoms with E-state index in [2.05, 4.69) is 39.0 Å². The first-order valence-electron chi connectivity index (χ1n) is 11.3. The number of thioether (sulfide) groups is 1. The van der Waals surface area contributed by atoms with Gasteiger partial charge in [-0.25, -0.2) is 0 Å². The van der Waals surface area contributed by atoms with E-state index in [0.29, 0.717) is 26.4 Å². The van der Waals surface area contributed by atoms with Gasteiger partial charge in [-0.05, 0) is 24.6 Å². The summed E-state index contributed by atoms with van der Waals surface area (Å²) in [7, 11) is 1.70. The minimum absolute atomic E-state index is 0.316. The summed E-state index contributed by atoms with van der Waals surface area (Å²) in [5.74, 6) is 3.22. The average Bonchev–Trinajstić information content (AvgIpc) is 3.28. The largest absolute Gasteiger partial charge is 0.494 e. The van der Waals surface area contributed by atoms with Gasteiger partial charge in [0.2, 0.25) is 0 Å². The zero-order valence-electron chi connectivity index (χ0n) is 19.5. The monoisotopic (exact) mass is 475 g/mol. The number of rotatable bonds is 12.